The minimum absolute atomic E-state index is 0.0365. The van der Waals surface area contributed by atoms with Crippen LogP contribution in [0.25, 0.3) is 0 Å². The van der Waals surface area contributed by atoms with Crippen LogP contribution in [0.4, 0.5) is 5.69 Å². The number of benzene rings is 1. The van der Waals surface area contributed by atoms with Crippen molar-refractivity contribution in [1.29, 1.82) is 0 Å². The Balaban J connectivity index is 1.54. The Labute approximate surface area is 309 Å². The second-order valence-electron chi connectivity index (χ2n) is 15.5. The number of hydrogen-bond donors (Lipinski definition) is 5. The fourth-order valence-electron chi connectivity index (χ4n) is 7.08. The molecule has 1 aliphatic carbocycles. The summed E-state index contributed by atoms with van der Waals surface area (Å²) in [6.07, 6.45) is 8.91. The van der Waals surface area contributed by atoms with Gasteiger partial charge in [0.05, 0.1) is 36.4 Å². The number of allylic oxidation sites excluding steroid dienone is 2. The van der Waals surface area contributed by atoms with Crippen LogP contribution in [0.5, 0.6) is 0 Å². The number of aliphatic hydroxyl groups is 3. The molecule has 0 spiro atoms. The number of aliphatic hydroxyl groups excluding tert-OH is 1. The quantitative estimate of drug-likeness (QED) is 0.0706. The van der Waals surface area contributed by atoms with Gasteiger partial charge in [0.25, 0.3) is 0 Å². The summed E-state index contributed by atoms with van der Waals surface area (Å²) < 4.78 is 23.3. The Hall–Kier alpha value is -3.06. The SMILES string of the molecule is CC[C@H](OC)[C@@H](C)[C@H]1O[C@@H]1C(NCc1ccc(NC2CC2)cc1)C(C)(O)/C=C/C=C(\C)C1OC(=O)C[C@H](O)CC[C@@](C)(O)[C@@H](OC(C)=O)/C=C/[C@@H]1C. The van der Waals surface area contributed by atoms with Gasteiger partial charge in [0.15, 0.2) is 0 Å². The van der Waals surface area contributed by atoms with E-state index in [0.29, 0.717) is 18.2 Å². The van der Waals surface area contributed by atoms with Gasteiger partial charge in [0.2, 0.25) is 0 Å². The molecule has 290 valence electrons. The summed E-state index contributed by atoms with van der Waals surface area (Å²) in [5.41, 5.74) is 0.104. The molecule has 3 unspecified atom stereocenters. The lowest BCUT2D eigenvalue weighted by Crippen LogP contribution is -2.52. The number of hydrogen-bond acceptors (Lipinski definition) is 11. The highest BCUT2D eigenvalue weighted by atomic mass is 16.6. The molecule has 2 heterocycles. The Morgan fingerprint density at radius 3 is 2.46 bits per heavy atom. The number of methoxy groups -OCH3 is 1. The van der Waals surface area contributed by atoms with Crippen molar-refractivity contribution >= 4 is 17.6 Å². The molecule has 5 N–H and O–H groups in total. The third-order valence-electron chi connectivity index (χ3n) is 10.6. The summed E-state index contributed by atoms with van der Waals surface area (Å²) in [5, 5.41) is 40.7. The Morgan fingerprint density at radius 2 is 1.85 bits per heavy atom. The molecule has 52 heavy (non-hydrogen) atoms. The van der Waals surface area contributed by atoms with E-state index in [9.17, 15) is 24.9 Å². The molecule has 3 aliphatic rings. The van der Waals surface area contributed by atoms with Crippen molar-refractivity contribution in [2.24, 2.45) is 11.8 Å². The zero-order valence-electron chi connectivity index (χ0n) is 32.2. The van der Waals surface area contributed by atoms with E-state index in [2.05, 4.69) is 48.7 Å². The van der Waals surface area contributed by atoms with Crippen molar-refractivity contribution in [2.45, 2.75) is 153 Å². The molecule has 11 heteroatoms. The molecular weight excluding hydrogens is 664 g/mol. The Kier molecular flexibility index (Phi) is 14.7. The fraction of sp³-hybridized carbons (Fsp3) is 0.659. The largest absolute Gasteiger partial charge is 0.457 e. The van der Waals surface area contributed by atoms with Crippen molar-refractivity contribution in [3.63, 3.8) is 0 Å². The number of cyclic esters (lactones) is 1. The molecule has 0 amide bonds. The monoisotopic (exact) mass is 726 g/mol. The third-order valence-corrected chi connectivity index (χ3v) is 10.6. The lowest BCUT2D eigenvalue weighted by Gasteiger charge is -2.32. The number of rotatable bonds is 15. The summed E-state index contributed by atoms with van der Waals surface area (Å²) in [6, 6.07) is 8.48. The molecule has 1 aromatic rings. The summed E-state index contributed by atoms with van der Waals surface area (Å²) in [4.78, 5) is 24.8. The number of carbonyl (C=O) groups is 2. The average molecular weight is 727 g/mol. The molecule has 0 aromatic heterocycles. The smallest absolute Gasteiger partial charge is 0.309 e. The normalized spacial score (nSPS) is 32.4. The van der Waals surface area contributed by atoms with Crippen LogP contribution < -0.4 is 10.6 Å². The maximum Gasteiger partial charge on any atom is 0.309 e. The van der Waals surface area contributed by atoms with Gasteiger partial charge < -0.3 is 44.9 Å². The molecule has 1 saturated heterocycles. The van der Waals surface area contributed by atoms with Crippen LogP contribution in [0.3, 0.4) is 0 Å². The van der Waals surface area contributed by atoms with Gasteiger partial charge in [-0.3, -0.25) is 9.59 Å². The first kappa shape index (κ1) is 41.7. The molecule has 2 aliphatic heterocycles. The lowest BCUT2D eigenvalue weighted by molar-refractivity contribution is -0.157. The topological polar surface area (TPSA) is 159 Å². The van der Waals surface area contributed by atoms with Crippen LogP contribution in [0, 0.1) is 11.8 Å². The Bertz CT molecular complexity index is 1410. The highest BCUT2D eigenvalue weighted by Crippen LogP contribution is 2.39. The minimum atomic E-state index is -1.45. The number of ether oxygens (including phenoxy) is 4. The van der Waals surface area contributed by atoms with Crippen LogP contribution in [0.1, 0.15) is 92.6 Å². The van der Waals surface area contributed by atoms with Crippen LogP contribution in [-0.4, -0.2) is 94.3 Å². The standard InChI is InChI=1S/C41H62N2O9/c1-9-33(49-8)27(4)37-38(52-37)39(42-24-29-13-15-30(16-14-29)43-31-17-18-31)41(7,48)21-10-11-25(2)36-26(3)12-19-34(50-28(5)44)40(6,47)22-20-32(45)23-35(46)51-36/h10-16,19,21,26-27,31-34,36-39,42-43,45,47-48H,9,17-18,20,22-24H2,1-8H3/b19-12+,21-10+,25-11+/t26-,27+,32+,33-,34-,36?,37+,38-,39?,40+,41?/m0/s1. The van der Waals surface area contributed by atoms with Gasteiger partial charge in [0.1, 0.15) is 23.9 Å². The van der Waals surface area contributed by atoms with E-state index in [4.69, 9.17) is 18.9 Å². The van der Waals surface area contributed by atoms with Crippen LogP contribution in [0.2, 0.25) is 0 Å². The summed E-state index contributed by atoms with van der Waals surface area (Å²) >= 11 is 0. The fourth-order valence-corrected chi connectivity index (χ4v) is 7.08. The summed E-state index contributed by atoms with van der Waals surface area (Å²) in [6.45, 7) is 13.0. The molecule has 4 rings (SSSR count). The van der Waals surface area contributed by atoms with E-state index < -0.39 is 47.5 Å². The van der Waals surface area contributed by atoms with Gasteiger partial charge in [-0.1, -0.05) is 57.2 Å². The van der Waals surface area contributed by atoms with Crippen molar-refractivity contribution < 1.29 is 43.9 Å². The molecule has 1 saturated carbocycles. The number of esters is 2. The molecule has 0 radical (unpaired) electrons. The minimum Gasteiger partial charge on any atom is -0.457 e. The van der Waals surface area contributed by atoms with Crippen molar-refractivity contribution in [3.05, 3.63) is 65.8 Å². The van der Waals surface area contributed by atoms with Gasteiger partial charge in [-0.15, -0.1) is 0 Å². The van der Waals surface area contributed by atoms with Gasteiger partial charge in [-0.2, -0.15) is 0 Å². The zero-order valence-corrected chi connectivity index (χ0v) is 32.2. The maximum absolute atomic E-state index is 12.9. The van der Waals surface area contributed by atoms with Crippen molar-refractivity contribution in [3.8, 4) is 0 Å². The van der Waals surface area contributed by atoms with Crippen LogP contribution in [-0.2, 0) is 35.1 Å². The Morgan fingerprint density at radius 1 is 1.15 bits per heavy atom. The first-order valence-electron chi connectivity index (χ1n) is 18.9. The van der Waals surface area contributed by atoms with Gasteiger partial charge >= 0.3 is 11.9 Å². The number of epoxide rings is 1. The molecule has 11 atom stereocenters. The van der Waals surface area contributed by atoms with E-state index in [1.807, 2.05) is 13.8 Å². The highest BCUT2D eigenvalue weighted by Gasteiger charge is 2.54. The third kappa shape index (κ3) is 12.0. The highest BCUT2D eigenvalue weighted by molar-refractivity contribution is 5.70. The molecule has 11 nitrogen and oxygen atoms in total. The number of anilines is 1. The maximum atomic E-state index is 12.9. The second-order valence-corrected chi connectivity index (χ2v) is 15.5. The van der Waals surface area contributed by atoms with E-state index in [0.717, 1.165) is 17.7 Å². The van der Waals surface area contributed by atoms with Crippen molar-refractivity contribution in [1.82, 2.24) is 5.32 Å². The summed E-state index contributed by atoms with van der Waals surface area (Å²) in [7, 11) is 1.72. The predicted molar refractivity (Wildman–Crippen MR) is 200 cm³/mol. The van der Waals surface area contributed by atoms with Crippen LogP contribution >= 0.6 is 0 Å². The predicted octanol–water partition coefficient (Wildman–Crippen LogP) is 5.13. The van der Waals surface area contributed by atoms with Crippen LogP contribution in [0.15, 0.2) is 60.2 Å². The van der Waals surface area contributed by atoms with E-state index in [-0.39, 0.29) is 49.4 Å². The average Bonchev–Trinajstić information content (AvgIpc) is 4.02. The second kappa shape index (κ2) is 18.3. The molecular formula is C41H62N2O9. The number of nitrogens with one attached hydrogen (secondary N) is 2. The zero-order chi connectivity index (χ0) is 38.2. The van der Waals surface area contributed by atoms with Crippen molar-refractivity contribution in [2.75, 3.05) is 12.4 Å². The molecule has 2 fully saturated rings. The van der Waals surface area contributed by atoms with E-state index in [1.54, 1.807) is 51.3 Å². The van der Waals surface area contributed by atoms with E-state index >= 15 is 0 Å². The van der Waals surface area contributed by atoms with E-state index in [1.165, 1.54) is 19.8 Å². The molecule has 1 aromatic carbocycles. The molecule has 0 bridgehead atoms. The first-order valence-corrected chi connectivity index (χ1v) is 18.9. The van der Waals surface area contributed by atoms with Gasteiger partial charge in [-0.25, -0.2) is 0 Å². The van der Waals surface area contributed by atoms with Gasteiger partial charge in [-0.05, 0) is 82.2 Å². The first-order chi connectivity index (χ1) is 24.5. The van der Waals surface area contributed by atoms with Gasteiger partial charge in [0, 0.05) is 44.1 Å². The lowest BCUT2D eigenvalue weighted by atomic mass is 9.87. The number of carbonyl (C=O) groups excluding carboxylic acids is 2. The summed E-state index contributed by atoms with van der Waals surface area (Å²) in [5.74, 6) is -1.35.